The van der Waals surface area contributed by atoms with Crippen LogP contribution in [0, 0.1) is 10.5 Å². The van der Waals surface area contributed by atoms with Crippen LogP contribution in [-0.2, 0) is 6.42 Å². The van der Waals surface area contributed by atoms with Gasteiger partial charge >= 0.3 is 0 Å². The second kappa shape index (κ2) is 5.44. The van der Waals surface area contributed by atoms with Gasteiger partial charge in [-0.3, -0.25) is 0 Å². The Balaban J connectivity index is 1.83. The number of H-pyrrole nitrogens is 1. The molecule has 23 heavy (non-hydrogen) atoms. The maximum absolute atomic E-state index is 13.4. The van der Waals surface area contributed by atoms with E-state index in [0.717, 1.165) is 16.7 Å². The minimum absolute atomic E-state index is 0.297. The molecule has 3 aromatic rings. The fourth-order valence-electron chi connectivity index (χ4n) is 2.58. The van der Waals surface area contributed by atoms with E-state index in [1.165, 1.54) is 12.1 Å². The largest absolute Gasteiger partial charge is 0.440 e. The van der Waals surface area contributed by atoms with Crippen molar-refractivity contribution in [2.24, 2.45) is 0 Å². The molecule has 4 rings (SSSR count). The molecule has 1 N–H and O–H groups in total. The molecule has 0 bridgehead atoms. The molecule has 1 aliphatic rings. The van der Waals surface area contributed by atoms with Gasteiger partial charge in [0.2, 0.25) is 5.88 Å². The number of nitrogens with one attached hydrogen (secondary N) is 1. The first-order valence-electron chi connectivity index (χ1n) is 6.95. The highest BCUT2D eigenvalue weighted by atomic mass is 35.5. The summed E-state index contributed by atoms with van der Waals surface area (Å²) >= 11 is 11.4. The van der Waals surface area contributed by atoms with Crippen LogP contribution < -0.4 is 4.74 Å². The lowest BCUT2D eigenvalue weighted by atomic mass is 10.0. The van der Waals surface area contributed by atoms with Crippen LogP contribution in [0.4, 0.5) is 4.39 Å². The summed E-state index contributed by atoms with van der Waals surface area (Å²) in [5, 5.41) is 0.614. The van der Waals surface area contributed by atoms with Crippen LogP contribution in [0.25, 0.3) is 11.4 Å². The topological polar surface area (TPSA) is 37.9 Å². The van der Waals surface area contributed by atoms with Gasteiger partial charge in [0.1, 0.15) is 22.0 Å². The fraction of sp³-hybridized carbons (Fsp3) is 0.0588. The quantitative estimate of drug-likeness (QED) is 0.476. The van der Waals surface area contributed by atoms with E-state index < -0.39 is 0 Å². The standard InChI is InChI=1S/C17H10ClFN2OS/c18-11-3-1-2-9(6-11)15-20-16-13(17(23)21-15)8-10-7-12(19)4-5-14(10)22-16/h1-7H,8H2,(H,20,21,23). The van der Waals surface area contributed by atoms with E-state index in [1.807, 2.05) is 12.1 Å². The highest BCUT2D eigenvalue weighted by molar-refractivity contribution is 7.71. The van der Waals surface area contributed by atoms with Crippen molar-refractivity contribution in [2.45, 2.75) is 6.42 Å². The van der Waals surface area contributed by atoms with Crippen LogP contribution in [0.2, 0.25) is 5.02 Å². The summed E-state index contributed by atoms with van der Waals surface area (Å²) in [5.74, 6) is 1.45. The second-order valence-electron chi connectivity index (χ2n) is 5.24. The van der Waals surface area contributed by atoms with E-state index in [4.69, 9.17) is 28.6 Å². The molecule has 0 atom stereocenters. The van der Waals surface area contributed by atoms with Crippen LogP contribution in [0.5, 0.6) is 11.6 Å². The van der Waals surface area contributed by atoms with Crippen molar-refractivity contribution >= 4 is 23.8 Å². The monoisotopic (exact) mass is 344 g/mol. The molecular weight excluding hydrogens is 335 g/mol. The molecule has 3 nitrogen and oxygen atoms in total. The zero-order valence-electron chi connectivity index (χ0n) is 11.8. The Morgan fingerprint density at radius 3 is 2.91 bits per heavy atom. The summed E-state index contributed by atoms with van der Waals surface area (Å²) in [6.07, 6.45) is 0.487. The zero-order chi connectivity index (χ0) is 16.0. The van der Waals surface area contributed by atoms with E-state index in [9.17, 15) is 4.39 Å². The second-order valence-corrected chi connectivity index (χ2v) is 6.06. The molecule has 114 valence electrons. The number of aromatic nitrogens is 2. The van der Waals surface area contributed by atoms with Gasteiger partial charge in [-0.15, -0.1) is 0 Å². The molecule has 0 saturated heterocycles. The minimum atomic E-state index is -0.297. The molecule has 6 heteroatoms. The van der Waals surface area contributed by atoms with Crippen LogP contribution in [0.3, 0.4) is 0 Å². The Morgan fingerprint density at radius 2 is 2.09 bits per heavy atom. The minimum Gasteiger partial charge on any atom is -0.440 e. The van der Waals surface area contributed by atoms with Crippen molar-refractivity contribution in [3.8, 4) is 23.0 Å². The maximum atomic E-state index is 13.4. The normalized spacial score (nSPS) is 12.3. The number of hydrogen-bond donors (Lipinski definition) is 1. The van der Waals surface area contributed by atoms with Gasteiger partial charge in [0.25, 0.3) is 0 Å². The van der Waals surface area contributed by atoms with Crippen molar-refractivity contribution in [3.05, 3.63) is 69.1 Å². The molecule has 0 radical (unpaired) electrons. The van der Waals surface area contributed by atoms with Crippen LogP contribution in [-0.4, -0.2) is 9.97 Å². The van der Waals surface area contributed by atoms with Gasteiger partial charge in [-0.1, -0.05) is 36.0 Å². The third kappa shape index (κ3) is 2.62. The van der Waals surface area contributed by atoms with Gasteiger partial charge in [0, 0.05) is 22.6 Å². The van der Waals surface area contributed by atoms with Crippen molar-refractivity contribution in [3.63, 3.8) is 0 Å². The Labute approximate surface area is 141 Å². The summed E-state index contributed by atoms with van der Waals surface area (Å²) in [5.41, 5.74) is 2.33. The Morgan fingerprint density at radius 1 is 1.22 bits per heavy atom. The van der Waals surface area contributed by atoms with E-state index in [0.29, 0.717) is 33.5 Å². The summed E-state index contributed by atoms with van der Waals surface area (Å²) in [6.45, 7) is 0. The van der Waals surface area contributed by atoms with Crippen molar-refractivity contribution in [1.29, 1.82) is 0 Å². The Hall–Kier alpha value is -2.24. The third-order valence-corrected chi connectivity index (χ3v) is 4.25. The van der Waals surface area contributed by atoms with Crippen molar-refractivity contribution < 1.29 is 9.13 Å². The summed E-state index contributed by atoms with van der Waals surface area (Å²) in [7, 11) is 0. The number of halogens is 2. The van der Waals surface area contributed by atoms with Crippen LogP contribution in [0.1, 0.15) is 11.1 Å². The Bertz CT molecular complexity index is 987. The molecule has 0 amide bonds. The number of hydrogen-bond acceptors (Lipinski definition) is 3. The van der Waals surface area contributed by atoms with Gasteiger partial charge in [0.15, 0.2) is 0 Å². The summed E-state index contributed by atoms with van der Waals surface area (Å²) in [4.78, 5) is 7.57. The molecule has 2 aromatic carbocycles. The smallest absolute Gasteiger partial charge is 0.205 e. The summed E-state index contributed by atoms with van der Waals surface area (Å²) in [6, 6.07) is 11.8. The van der Waals surface area contributed by atoms with E-state index in [1.54, 1.807) is 18.2 Å². The molecule has 1 aromatic heterocycles. The van der Waals surface area contributed by atoms with Crippen molar-refractivity contribution in [1.82, 2.24) is 9.97 Å². The average Bonchev–Trinajstić information content (AvgIpc) is 2.53. The Kier molecular flexibility index (Phi) is 3.39. The number of benzene rings is 2. The number of ether oxygens (including phenoxy) is 1. The fourth-order valence-corrected chi connectivity index (χ4v) is 3.03. The summed E-state index contributed by atoms with van der Waals surface area (Å²) < 4.78 is 19.7. The average molecular weight is 345 g/mol. The van der Waals surface area contributed by atoms with E-state index in [2.05, 4.69) is 9.97 Å². The van der Waals surface area contributed by atoms with Crippen molar-refractivity contribution in [2.75, 3.05) is 0 Å². The molecule has 0 saturated carbocycles. The highest BCUT2D eigenvalue weighted by Crippen LogP contribution is 2.36. The first-order chi connectivity index (χ1) is 11.1. The predicted molar refractivity (Wildman–Crippen MR) is 89.1 cm³/mol. The molecule has 2 heterocycles. The van der Waals surface area contributed by atoms with Gasteiger partial charge in [0.05, 0.1) is 5.56 Å². The molecule has 1 aliphatic heterocycles. The van der Waals surface area contributed by atoms with Gasteiger partial charge in [-0.05, 0) is 30.3 Å². The lowest BCUT2D eigenvalue weighted by molar-refractivity contribution is 0.437. The lowest BCUT2D eigenvalue weighted by Gasteiger charge is -2.20. The SMILES string of the molecule is Fc1ccc2c(c1)Cc1c([nH]c(-c3cccc(Cl)c3)nc1=S)O2. The third-order valence-electron chi connectivity index (χ3n) is 3.68. The van der Waals surface area contributed by atoms with Crippen LogP contribution >= 0.6 is 23.8 Å². The number of nitrogens with zero attached hydrogens (tertiary/aromatic N) is 1. The number of rotatable bonds is 1. The van der Waals surface area contributed by atoms with Gasteiger partial charge in [-0.2, -0.15) is 0 Å². The van der Waals surface area contributed by atoms with E-state index >= 15 is 0 Å². The number of fused-ring (bicyclic) bond motifs is 2. The highest BCUT2D eigenvalue weighted by Gasteiger charge is 2.21. The molecular formula is C17H10ClFN2OS. The zero-order valence-corrected chi connectivity index (χ0v) is 13.3. The predicted octanol–water partition coefficient (Wildman–Crippen LogP) is 5.30. The van der Waals surface area contributed by atoms with Gasteiger partial charge in [-0.25, -0.2) is 9.37 Å². The molecule has 0 unspecified atom stereocenters. The first kappa shape index (κ1) is 14.4. The van der Waals surface area contributed by atoms with Crippen LogP contribution in [0.15, 0.2) is 42.5 Å². The first-order valence-corrected chi connectivity index (χ1v) is 7.74. The number of aromatic amines is 1. The molecule has 0 fully saturated rings. The lowest BCUT2D eigenvalue weighted by Crippen LogP contribution is -2.08. The van der Waals surface area contributed by atoms with E-state index in [-0.39, 0.29) is 5.82 Å². The molecule has 0 aliphatic carbocycles. The maximum Gasteiger partial charge on any atom is 0.205 e. The van der Waals surface area contributed by atoms with Gasteiger partial charge < -0.3 is 9.72 Å². The molecule has 0 spiro atoms.